The van der Waals surface area contributed by atoms with Gasteiger partial charge in [-0.05, 0) is 68.9 Å². The van der Waals surface area contributed by atoms with Crippen molar-refractivity contribution in [1.29, 1.82) is 0 Å². The molecule has 1 aromatic rings. The fourth-order valence-electron chi connectivity index (χ4n) is 2.96. The van der Waals surface area contributed by atoms with Crippen LogP contribution in [-0.4, -0.2) is 12.1 Å². The standard InChI is InChI=1S/C19H31N/c1-6-15-7-9-16(10-8-15)13-19(5,17-11-12-17)14-20-18(2,3)4/h7-10,17,20H,6,11-14H2,1-5H3. The summed E-state index contributed by atoms with van der Waals surface area (Å²) >= 11 is 0. The molecule has 1 N–H and O–H groups in total. The van der Waals surface area contributed by atoms with E-state index in [1.807, 2.05) is 0 Å². The Hall–Kier alpha value is -0.820. The molecule has 0 bridgehead atoms. The van der Waals surface area contributed by atoms with Gasteiger partial charge >= 0.3 is 0 Å². The van der Waals surface area contributed by atoms with Crippen molar-refractivity contribution in [2.45, 2.75) is 65.8 Å². The second kappa shape index (κ2) is 5.89. The lowest BCUT2D eigenvalue weighted by molar-refractivity contribution is 0.227. The Labute approximate surface area is 125 Å². The lowest BCUT2D eigenvalue weighted by Crippen LogP contribution is -2.44. The second-order valence-electron chi connectivity index (χ2n) is 7.88. The summed E-state index contributed by atoms with van der Waals surface area (Å²) in [5.41, 5.74) is 3.55. The second-order valence-corrected chi connectivity index (χ2v) is 7.88. The monoisotopic (exact) mass is 273 g/mol. The van der Waals surface area contributed by atoms with Crippen LogP contribution in [0, 0.1) is 11.3 Å². The van der Waals surface area contributed by atoms with Crippen LogP contribution in [0.4, 0.5) is 0 Å². The van der Waals surface area contributed by atoms with Gasteiger partial charge in [-0.3, -0.25) is 0 Å². The number of nitrogens with one attached hydrogen (secondary N) is 1. The van der Waals surface area contributed by atoms with Crippen LogP contribution in [0.5, 0.6) is 0 Å². The normalized spacial score (nSPS) is 18.9. The highest BCUT2D eigenvalue weighted by Gasteiger charge is 2.41. The van der Waals surface area contributed by atoms with Crippen LogP contribution in [-0.2, 0) is 12.8 Å². The van der Waals surface area contributed by atoms with Crippen LogP contribution in [0.25, 0.3) is 0 Å². The third-order valence-corrected chi connectivity index (χ3v) is 4.62. The van der Waals surface area contributed by atoms with Gasteiger partial charge in [0.1, 0.15) is 0 Å². The zero-order chi connectivity index (χ0) is 14.8. The fraction of sp³-hybridized carbons (Fsp3) is 0.684. The first-order valence-electron chi connectivity index (χ1n) is 8.15. The molecule has 1 aliphatic rings. The number of aryl methyl sites for hydroxylation is 1. The van der Waals surface area contributed by atoms with Crippen molar-refractivity contribution in [2.24, 2.45) is 11.3 Å². The molecule has 0 spiro atoms. The van der Waals surface area contributed by atoms with Crippen molar-refractivity contribution in [1.82, 2.24) is 5.32 Å². The Morgan fingerprint density at radius 1 is 1.00 bits per heavy atom. The molecule has 0 saturated heterocycles. The van der Waals surface area contributed by atoms with Crippen molar-refractivity contribution < 1.29 is 0 Å². The Morgan fingerprint density at radius 3 is 2.00 bits per heavy atom. The molecular formula is C19H31N. The first-order valence-corrected chi connectivity index (χ1v) is 8.15. The minimum absolute atomic E-state index is 0.211. The number of rotatable bonds is 6. The van der Waals surface area contributed by atoms with Gasteiger partial charge in [0.05, 0.1) is 0 Å². The van der Waals surface area contributed by atoms with Crippen molar-refractivity contribution in [3.05, 3.63) is 35.4 Å². The molecule has 1 saturated carbocycles. The summed E-state index contributed by atoms with van der Waals surface area (Å²) in [6, 6.07) is 9.24. The van der Waals surface area contributed by atoms with Gasteiger partial charge in [-0.1, -0.05) is 38.1 Å². The molecule has 0 aromatic heterocycles. The third kappa shape index (κ3) is 4.34. The van der Waals surface area contributed by atoms with E-state index in [1.165, 1.54) is 30.4 Å². The van der Waals surface area contributed by atoms with E-state index < -0.39 is 0 Å². The smallest absolute Gasteiger partial charge is 0.00967 e. The molecule has 2 rings (SSSR count). The van der Waals surface area contributed by atoms with Crippen molar-refractivity contribution in [3.63, 3.8) is 0 Å². The Balaban J connectivity index is 2.04. The molecule has 0 radical (unpaired) electrons. The van der Waals surface area contributed by atoms with Crippen molar-refractivity contribution in [3.8, 4) is 0 Å². The molecule has 1 unspecified atom stereocenters. The topological polar surface area (TPSA) is 12.0 Å². The minimum atomic E-state index is 0.211. The molecular weight excluding hydrogens is 242 g/mol. The van der Waals surface area contributed by atoms with Crippen LogP contribution in [0.15, 0.2) is 24.3 Å². The van der Waals surface area contributed by atoms with Gasteiger partial charge < -0.3 is 5.32 Å². The predicted molar refractivity (Wildman–Crippen MR) is 88.1 cm³/mol. The van der Waals surface area contributed by atoms with E-state index in [1.54, 1.807) is 0 Å². The average Bonchev–Trinajstić information content (AvgIpc) is 3.21. The summed E-state index contributed by atoms with van der Waals surface area (Å²) in [5, 5.41) is 3.73. The molecule has 1 atom stereocenters. The maximum absolute atomic E-state index is 3.73. The van der Waals surface area contributed by atoms with Gasteiger partial charge in [0.25, 0.3) is 0 Å². The molecule has 0 heterocycles. The average molecular weight is 273 g/mol. The minimum Gasteiger partial charge on any atom is -0.312 e. The van der Waals surface area contributed by atoms with Crippen LogP contribution >= 0.6 is 0 Å². The van der Waals surface area contributed by atoms with Crippen LogP contribution in [0.2, 0.25) is 0 Å². The quantitative estimate of drug-likeness (QED) is 0.799. The summed E-state index contributed by atoms with van der Waals surface area (Å²) in [4.78, 5) is 0. The SMILES string of the molecule is CCc1ccc(CC(C)(CNC(C)(C)C)C2CC2)cc1. The van der Waals surface area contributed by atoms with E-state index in [9.17, 15) is 0 Å². The van der Waals surface area contributed by atoms with Gasteiger partial charge in [-0.2, -0.15) is 0 Å². The van der Waals surface area contributed by atoms with Crippen LogP contribution in [0.1, 0.15) is 58.6 Å². The van der Waals surface area contributed by atoms with E-state index in [0.717, 1.165) is 18.9 Å². The lowest BCUT2D eigenvalue weighted by Gasteiger charge is -2.34. The molecule has 1 nitrogen and oxygen atoms in total. The van der Waals surface area contributed by atoms with E-state index in [-0.39, 0.29) is 5.54 Å². The Kier molecular flexibility index (Phi) is 4.59. The Bertz CT molecular complexity index is 422. The molecule has 20 heavy (non-hydrogen) atoms. The fourth-order valence-corrected chi connectivity index (χ4v) is 2.96. The molecule has 1 fully saturated rings. The maximum atomic E-state index is 3.73. The molecule has 112 valence electrons. The van der Waals surface area contributed by atoms with Gasteiger partial charge in [-0.25, -0.2) is 0 Å². The first-order chi connectivity index (χ1) is 9.32. The zero-order valence-corrected chi connectivity index (χ0v) is 13.9. The number of hydrogen-bond donors (Lipinski definition) is 1. The molecule has 1 heteroatoms. The lowest BCUT2D eigenvalue weighted by atomic mass is 9.78. The highest BCUT2D eigenvalue weighted by Crippen LogP contribution is 2.47. The highest BCUT2D eigenvalue weighted by atomic mass is 15.0. The summed E-state index contributed by atoms with van der Waals surface area (Å²) in [6.07, 6.45) is 5.15. The predicted octanol–water partition coefficient (Wildman–Crippen LogP) is 4.60. The summed E-state index contributed by atoms with van der Waals surface area (Å²) < 4.78 is 0. The van der Waals surface area contributed by atoms with Crippen molar-refractivity contribution >= 4 is 0 Å². The summed E-state index contributed by atoms with van der Waals surface area (Å²) in [6.45, 7) is 12.6. The zero-order valence-electron chi connectivity index (χ0n) is 13.9. The summed E-state index contributed by atoms with van der Waals surface area (Å²) in [7, 11) is 0. The largest absolute Gasteiger partial charge is 0.312 e. The molecule has 1 aliphatic carbocycles. The maximum Gasteiger partial charge on any atom is 0.00967 e. The highest BCUT2D eigenvalue weighted by molar-refractivity contribution is 5.24. The van der Waals surface area contributed by atoms with Gasteiger partial charge in [0.2, 0.25) is 0 Å². The van der Waals surface area contributed by atoms with Gasteiger partial charge in [-0.15, -0.1) is 0 Å². The van der Waals surface area contributed by atoms with Gasteiger partial charge in [0.15, 0.2) is 0 Å². The number of benzene rings is 1. The first kappa shape index (κ1) is 15.6. The molecule has 1 aromatic carbocycles. The van der Waals surface area contributed by atoms with E-state index in [4.69, 9.17) is 0 Å². The molecule has 0 amide bonds. The van der Waals surface area contributed by atoms with Crippen LogP contribution in [0.3, 0.4) is 0 Å². The van der Waals surface area contributed by atoms with Gasteiger partial charge in [0, 0.05) is 12.1 Å². The van der Waals surface area contributed by atoms with Crippen LogP contribution < -0.4 is 5.32 Å². The molecule has 0 aliphatic heterocycles. The van der Waals surface area contributed by atoms with E-state index in [0.29, 0.717) is 5.41 Å². The number of hydrogen-bond acceptors (Lipinski definition) is 1. The Morgan fingerprint density at radius 2 is 1.55 bits per heavy atom. The summed E-state index contributed by atoms with van der Waals surface area (Å²) in [5.74, 6) is 0.906. The van der Waals surface area contributed by atoms with E-state index >= 15 is 0 Å². The van der Waals surface area contributed by atoms with Crippen molar-refractivity contribution in [2.75, 3.05) is 6.54 Å². The third-order valence-electron chi connectivity index (χ3n) is 4.62. The van der Waals surface area contributed by atoms with E-state index in [2.05, 4.69) is 64.2 Å².